The summed E-state index contributed by atoms with van der Waals surface area (Å²) in [6, 6.07) is 5.73. The Hall–Kier alpha value is -1.88. The number of carbonyl (C=O) groups excluding carboxylic acids is 1. The number of aryl methyl sites for hydroxylation is 1. The third-order valence-electron chi connectivity index (χ3n) is 4.51. The maximum absolute atomic E-state index is 11.5. The average molecular weight is 300 g/mol. The monoisotopic (exact) mass is 300 g/mol. The molecule has 0 bridgehead atoms. The number of aromatic nitrogens is 2. The predicted octanol–water partition coefficient (Wildman–Crippen LogP) is 2.40. The van der Waals surface area contributed by atoms with Crippen molar-refractivity contribution in [1.82, 2.24) is 15.1 Å². The zero-order valence-corrected chi connectivity index (χ0v) is 13.1. The van der Waals surface area contributed by atoms with Crippen LogP contribution in [0.5, 0.6) is 0 Å². The van der Waals surface area contributed by atoms with Crippen LogP contribution in [0, 0.1) is 0 Å². The highest BCUT2D eigenvalue weighted by molar-refractivity contribution is 5.97. The Bertz CT molecular complexity index is 671. The van der Waals surface area contributed by atoms with Gasteiger partial charge in [0.25, 0.3) is 0 Å². The molecule has 1 fully saturated rings. The second-order valence-electron chi connectivity index (χ2n) is 6.08. The molecule has 0 atom stereocenters. The van der Waals surface area contributed by atoms with Gasteiger partial charge in [-0.05, 0) is 44.5 Å². The molecule has 2 aromatic rings. The smallest absolute Gasteiger partial charge is 0.248 e. The van der Waals surface area contributed by atoms with Gasteiger partial charge in [0.2, 0.25) is 5.91 Å². The van der Waals surface area contributed by atoms with E-state index in [1.807, 2.05) is 18.2 Å². The average Bonchev–Trinajstić information content (AvgIpc) is 2.91. The third-order valence-corrected chi connectivity index (χ3v) is 4.51. The molecule has 1 aromatic heterocycles. The van der Waals surface area contributed by atoms with E-state index in [0.29, 0.717) is 11.5 Å². The lowest BCUT2D eigenvalue weighted by Crippen LogP contribution is -2.27. The summed E-state index contributed by atoms with van der Waals surface area (Å²) in [6.45, 7) is 5.16. The lowest BCUT2D eigenvalue weighted by Gasteiger charge is -2.21. The SMILES string of the molecule is CCCCn1nc(C2CCNCC2)c2ccc(C(N)=O)cc21. The van der Waals surface area contributed by atoms with Gasteiger partial charge in [0.15, 0.2) is 0 Å². The van der Waals surface area contributed by atoms with Gasteiger partial charge in [-0.1, -0.05) is 19.4 Å². The number of fused-ring (bicyclic) bond motifs is 1. The Morgan fingerprint density at radius 3 is 2.86 bits per heavy atom. The molecule has 1 amide bonds. The lowest BCUT2D eigenvalue weighted by atomic mass is 9.92. The minimum absolute atomic E-state index is 0.381. The first-order valence-electron chi connectivity index (χ1n) is 8.21. The van der Waals surface area contributed by atoms with Gasteiger partial charge in [-0.15, -0.1) is 0 Å². The molecular formula is C17H24N4O. The first kappa shape index (κ1) is 15.0. The Kier molecular flexibility index (Phi) is 4.43. The molecule has 1 aliphatic heterocycles. The van der Waals surface area contributed by atoms with Gasteiger partial charge in [-0.25, -0.2) is 0 Å². The van der Waals surface area contributed by atoms with Crippen molar-refractivity contribution in [2.75, 3.05) is 13.1 Å². The number of nitrogens with zero attached hydrogens (tertiary/aromatic N) is 2. The van der Waals surface area contributed by atoms with Crippen molar-refractivity contribution in [2.24, 2.45) is 5.73 Å². The molecule has 5 nitrogen and oxygen atoms in total. The third kappa shape index (κ3) is 2.86. The molecule has 0 spiro atoms. The number of benzene rings is 1. The fourth-order valence-electron chi connectivity index (χ4n) is 3.23. The minimum Gasteiger partial charge on any atom is -0.366 e. The van der Waals surface area contributed by atoms with Crippen molar-refractivity contribution in [3.05, 3.63) is 29.5 Å². The summed E-state index contributed by atoms with van der Waals surface area (Å²) >= 11 is 0. The zero-order chi connectivity index (χ0) is 15.5. The molecule has 118 valence electrons. The Morgan fingerprint density at radius 1 is 1.41 bits per heavy atom. The van der Waals surface area contributed by atoms with E-state index in [1.165, 1.54) is 11.1 Å². The molecule has 2 heterocycles. The van der Waals surface area contributed by atoms with Crippen molar-refractivity contribution >= 4 is 16.8 Å². The highest BCUT2D eigenvalue weighted by Crippen LogP contribution is 2.31. The lowest BCUT2D eigenvalue weighted by molar-refractivity contribution is 0.100. The number of primary amides is 1. The van der Waals surface area contributed by atoms with Crippen LogP contribution >= 0.6 is 0 Å². The molecule has 5 heteroatoms. The first-order valence-corrected chi connectivity index (χ1v) is 8.21. The Labute approximate surface area is 130 Å². The largest absolute Gasteiger partial charge is 0.366 e. The van der Waals surface area contributed by atoms with Crippen LogP contribution < -0.4 is 11.1 Å². The number of hydrogen-bond donors (Lipinski definition) is 2. The van der Waals surface area contributed by atoms with Crippen LogP contribution in [-0.4, -0.2) is 28.8 Å². The number of carbonyl (C=O) groups is 1. The van der Waals surface area contributed by atoms with E-state index in [9.17, 15) is 4.79 Å². The van der Waals surface area contributed by atoms with Crippen LogP contribution in [0.1, 0.15) is 54.6 Å². The summed E-state index contributed by atoms with van der Waals surface area (Å²) in [5, 5.41) is 9.46. The number of hydrogen-bond acceptors (Lipinski definition) is 3. The number of amides is 1. The number of nitrogens with one attached hydrogen (secondary N) is 1. The molecule has 1 saturated heterocycles. The first-order chi connectivity index (χ1) is 10.7. The summed E-state index contributed by atoms with van der Waals surface area (Å²) in [4.78, 5) is 11.5. The number of rotatable bonds is 5. The second kappa shape index (κ2) is 6.48. The molecular weight excluding hydrogens is 276 g/mol. The summed E-state index contributed by atoms with van der Waals surface area (Å²) in [5.74, 6) is 0.125. The molecule has 0 radical (unpaired) electrons. The minimum atomic E-state index is -0.381. The van der Waals surface area contributed by atoms with Crippen molar-refractivity contribution in [2.45, 2.75) is 45.1 Å². The number of piperidine rings is 1. The predicted molar refractivity (Wildman–Crippen MR) is 88.0 cm³/mol. The number of unbranched alkanes of at least 4 members (excludes halogenated alkanes) is 1. The van der Waals surface area contributed by atoms with Crippen LogP contribution in [0.25, 0.3) is 10.9 Å². The van der Waals surface area contributed by atoms with Gasteiger partial charge < -0.3 is 11.1 Å². The van der Waals surface area contributed by atoms with Crippen LogP contribution in [0.3, 0.4) is 0 Å². The van der Waals surface area contributed by atoms with Crippen LogP contribution in [0.15, 0.2) is 18.2 Å². The fourth-order valence-corrected chi connectivity index (χ4v) is 3.23. The van der Waals surface area contributed by atoms with Crippen LogP contribution in [0.4, 0.5) is 0 Å². The van der Waals surface area contributed by atoms with Crippen molar-refractivity contribution in [3.8, 4) is 0 Å². The summed E-state index contributed by atoms with van der Waals surface area (Å²) in [6.07, 6.45) is 4.46. The van der Waals surface area contributed by atoms with Crippen LogP contribution in [0.2, 0.25) is 0 Å². The standard InChI is InChI=1S/C17H24N4O/c1-2-3-10-21-15-11-13(17(18)22)4-5-14(15)16(20-21)12-6-8-19-9-7-12/h4-5,11-12,19H,2-3,6-10H2,1H3,(H2,18,22). The highest BCUT2D eigenvalue weighted by atomic mass is 16.1. The Balaban J connectivity index is 2.05. The van der Waals surface area contributed by atoms with Gasteiger partial charge in [-0.3, -0.25) is 9.48 Å². The topological polar surface area (TPSA) is 72.9 Å². The second-order valence-corrected chi connectivity index (χ2v) is 6.08. The van der Waals surface area contributed by atoms with Crippen molar-refractivity contribution < 1.29 is 4.79 Å². The van der Waals surface area contributed by atoms with E-state index < -0.39 is 0 Å². The van der Waals surface area contributed by atoms with E-state index >= 15 is 0 Å². The van der Waals surface area contributed by atoms with Crippen molar-refractivity contribution in [1.29, 1.82) is 0 Å². The Morgan fingerprint density at radius 2 is 2.18 bits per heavy atom. The summed E-state index contributed by atoms with van der Waals surface area (Å²) < 4.78 is 2.06. The van der Waals surface area contributed by atoms with Gasteiger partial charge >= 0.3 is 0 Å². The molecule has 1 aliphatic rings. The summed E-state index contributed by atoms with van der Waals surface area (Å²) in [7, 11) is 0. The van der Waals surface area contributed by atoms with Gasteiger partial charge in [0, 0.05) is 23.4 Å². The molecule has 0 saturated carbocycles. The maximum Gasteiger partial charge on any atom is 0.248 e. The van der Waals surface area contributed by atoms with Gasteiger partial charge in [0.05, 0.1) is 11.2 Å². The molecule has 22 heavy (non-hydrogen) atoms. The quantitative estimate of drug-likeness (QED) is 0.890. The van der Waals surface area contributed by atoms with E-state index in [4.69, 9.17) is 10.8 Å². The molecule has 3 rings (SSSR count). The summed E-state index contributed by atoms with van der Waals surface area (Å²) in [5.41, 5.74) is 8.21. The van der Waals surface area contributed by atoms with E-state index in [1.54, 1.807) is 0 Å². The van der Waals surface area contributed by atoms with Gasteiger partial charge in [-0.2, -0.15) is 5.10 Å². The molecule has 0 unspecified atom stereocenters. The normalized spacial score (nSPS) is 16.2. The van der Waals surface area contributed by atoms with Crippen LogP contribution in [-0.2, 0) is 6.54 Å². The van der Waals surface area contributed by atoms with E-state index in [-0.39, 0.29) is 5.91 Å². The van der Waals surface area contributed by atoms with Gasteiger partial charge in [0.1, 0.15) is 0 Å². The van der Waals surface area contributed by atoms with Crippen molar-refractivity contribution in [3.63, 3.8) is 0 Å². The van der Waals surface area contributed by atoms with E-state index in [0.717, 1.165) is 50.8 Å². The maximum atomic E-state index is 11.5. The molecule has 0 aliphatic carbocycles. The highest BCUT2D eigenvalue weighted by Gasteiger charge is 2.22. The number of nitrogens with two attached hydrogens (primary N) is 1. The zero-order valence-electron chi connectivity index (χ0n) is 13.1. The molecule has 1 aromatic carbocycles. The molecule has 3 N–H and O–H groups in total. The fraction of sp³-hybridized carbons (Fsp3) is 0.529. The van der Waals surface area contributed by atoms with E-state index in [2.05, 4.69) is 16.9 Å².